The molecule has 2 aromatic heterocycles. The number of nitrogens with zero attached hydrogens (tertiary/aromatic N) is 3. The quantitative estimate of drug-likeness (QED) is 0.733. The van der Waals surface area contributed by atoms with Crippen molar-refractivity contribution in [3.05, 3.63) is 60.1 Å². The second-order valence-corrected chi connectivity index (χ2v) is 4.57. The smallest absolute Gasteiger partial charge is 0.471 e. The van der Waals surface area contributed by atoms with Crippen molar-refractivity contribution in [2.75, 3.05) is 0 Å². The maximum atomic E-state index is 12.4. The summed E-state index contributed by atoms with van der Waals surface area (Å²) in [6, 6.07) is 11.9. The van der Waals surface area contributed by atoms with E-state index in [1.807, 2.05) is 0 Å². The SMILES string of the molecule is FC(F)(F)c1nc(-c2ccc(COc3ccccn3)cc2)no1. The van der Waals surface area contributed by atoms with E-state index in [0.29, 0.717) is 11.4 Å². The lowest BCUT2D eigenvalue weighted by atomic mass is 10.1. The summed E-state index contributed by atoms with van der Waals surface area (Å²) in [6.07, 6.45) is -3.03. The Labute approximate surface area is 128 Å². The molecular formula is C15H10F3N3O2. The summed E-state index contributed by atoms with van der Waals surface area (Å²) in [7, 11) is 0. The lowest BCUT2D eigenvalue weighted by Gasteiger charge is -2.05. The highest BCUT2D eigenvalue weighted by atomic mass is 19.4. The molecular weight excluding hydrogens is 311 g/mol. The van der Waals surface area contributed by atoms with E-state index < -0.39 is 12.1 Å². The minimum atomic E-state index is -4.65. The molecule has 8 heteroatoms. The maximum Gasteiger partial charge on any atom is 0.471 e. The van der Waals surface area contributed by atoms with Crippen molar-refractivity contribution in [3.8, 4) is 17.3 Å². The van der Waals surface area contributed by atoms with Crippen LogP contribution < -0.4 is 4.74 Å². The van der Waals surface area contributed by atoms with Crippen LogP contribution in [0.2, 0.25) is 0 Å². The number of hydrogen-bond donors (Lipinski definition) is 0. The molecule has 3 rings (SSSR count). The number of halogens is 3. The third kappa shape index (κ3) is 3.65. The molecule has 0 spiro atoms. The van der Waals surface area contributed by atoms with Crippen LogP contribution in [0, 0.1) is 0 Å². The van der Waals surface area contributed by atoms with Gasteiger partial charge in [0.25, 0.3) is 0 Å². The molecule has 3 aromatic rings. The minimum absolute atomic E-state index is 0.116. The van der Waals surface area contributed by atoms with Gasteiger partial charge in [-0.05, 0) is 11.6 Å². The molecule has 0 N–H and O–H groups in total. The molecule has 0 bridgehead atoms. The van der Waals surface area contributed by atoms with Gasteiger partial charge in [-0.25, -0.2) is 4.98 Å². The largest absolute Gasteiger partial charge is 0.473 e. The normalized spacial score (nSPS) is 11.4. The molecule has 0 amide bonds. The fourth-order valence-electron chi connectivity index (χ4n) is 1.80. The molecule has 0 atom stereocenters. The molecule has 0 saturated heterocycles. The van der Waals surface area contributed by atoms with Gasteiger partial charge in [-0.2, -0.15) is 18.2 Å². The van der Waals surface area contributed by atoms with E-state index in [4.69, 9.17) is 4.74 Å². The highest BCUT2D eigenvalue weighted by molar-refractivity contribution is 5.54. The molecule has 0 aliphatic heterocycles. The van der Waals surface area contributed by atoms with Gasteiger partial charge in [0.05, 0.1) is 0 Å². The fraction of sp³-hybridized carbons (Fsp3) is 0.133. The molecule has 0 unspecified atom stereocenters. The summed E-state index contributed by atoms with van der Waals surface area (Å²) in [5.74, 6) is -0.992. The number of hydrogen-bond acceptors (Lipinski definition) is 5. The molecule has 23 heavy (non-hydrogen) atoms. The first-order chi connectivity index (χ1) is 11.0. The summed E-state index contributed by atoms with van der Waals surface area (Å²) in [6.45, 7) is 0.289. The van der Waals surface area contributed by atoms with Crippen molar-refractivity contribution >= 4 is 0 Å². The van der Waals surface area contributed by atoms with Crippen molar-refractivity contribution in [3.63, 3.8) is 0 Å². The van der Waals surface area contributed by atoms with Crippen molar-refractivity contribution in [2.45, 2.75) is 12.8 Å². The van der Waals surface area contributed by atoms with Crippen LogP contribution in [-0.4, -0.2) is 15.1 Å². The molecule has 5 nitrogen and oxygen atoms in total. The molecule has 0 saturated carbocycles. The predicted molar refractivity (Wildman–Crippen MR) is 73.3 cm³/mol. The summed E-state index contributed by atoms with van der Waals surface area (Å²) < 4.78 is 46.9. The number of aromatic nitrogens is 3. The monoisotopic (exact) mass is 321 g/mol. The van der Waals surface area contributed by atoms with Crippen LogP contribution in [0.3, 0.4) is 0 Å². The Kier molecular flexibility index (Phi) is 3.96. The standard InChI is InChI=1S/C15H10F3N3O2/c16-15(17,18)14-20-13(21-23-14)11-6-4-10(5-7-11)9-22-12-3-1-2-8-19-12/h1-8H,9H2. The van der Waals surface area contributed by atoms with E-state index in [1.165, 1.54) is 0 Å². The molecule has 0 aliphatic rings. The molecule has 1 aromatic carbocycles. The van der Waals surface area contributed by atoms with Gasteiger partial charge in [-0.15, -0.1) is 0 Å². The van der Waals surface area contributed by atoms with Crippen molar-refractivity contribution < 1.29 is 22.4 Å². The zero-order chi connectivity index (χ0) is 16.3. The van der Waals surface area contributed by atoms with Gasteiger partial charge in [-0.3, -0.25) is 0 Å². The summed E-state index contributed by atoms with van der Waals surface area (Å²) in [4.78, 5) is 7.35. The van der Waals surface area contributed by atoms with E-state index in [0.717, 1.165) is 5.56 Å². The summed E-state index contributed by atoms with van der Waals surface area (Å²) in [5, 5.41) is 3.33. The minimum Gasteiger partial charge on any atom is -0.473 e. The Morgan fingerprint density at radius 3 is 2.43 bits per heavy atom. The Bertz CT molecular complexity index is 771. The predicted octanol–water partition coefficient (Wildman–Crippen LogP) is 3.73. The average molecular weight is 321 g/mol. The van der Waals surface area contributed by atoms with Gasteiger partial charge in [0.1, 0.15) is 6.61 Å². The lowest BCUT2D eigenvalue weighted by Crippen LogP contribution is -2.04. The second kappa shape index (κ2) is 6.07. The van der Waals surface area contributed by atoms with E-state index >= 15 is 0 Å². The van der Waals surface area contributed by atoms with Crippen molar-refractivity contribution in [2.24, 2.45) is 0 Å². The maximum absolute atomic E-state index is 12.4. The Balaban J connectivity index is 1.68. The fourth-order valence-corrected chi connectivity index (χ4v) is 1.80. The van der Waals surface area contributed by atoms with Crippen LogP contribution in [0.5, 0.6) is 5.88 Å². The molecule has 118 valence electrons. The van der Waals surface area contributed by atoms with Crippen LogP contribution in [0.1, 0.15) is 11.5 Å². The van der Waals surface area contributed by atoms with Crippen LogP contribution >= 0.6 is 0 Å². The van der Waals surface area contributed by atoms with E-state index in [-0.39, 0.29) is 12.4 Å². The van der Waals surface area contributed by atoms with Gasteiger partial charge < -0.3 is 9.26 Å². The highest BCUT2D eigenvalue weighted by Crippen LogP contribution is 2.29. The third-order valence-electron chi connectivity index (χ3n) is 2.91. The zero-order valence-corrected chi connectivity index (χ0v) is 11.6. The molecule has 0 fully saturated rings. The first-order valence-corrected chi connectivity index (χ1v) is 6.56. The van der Waals surface area contributed by atoms with Gasteiger partial charge in [0.15, 0.2) is 0 Å². The lowest BCUT2D eigenvalue weighted by molar-refractivity contribution is -0.159. The Morgan fingerprint density at radius 2 is 1.83 bits per heavy atom. The van der Waals surface area contributed by atoms with Crippen LogP contribution in [0.25, 0.3) is 11.4 Å². The van der Waals surface area contributed by atoms with Gasteiger partial charge >= 0.3 is 12.1 Å². The summed E-state index contributed by atoms with van der Waals surface area (Å²) >= 11 is 0. The average Bonchev–Trinajstić information content (AvgIpc) is 3.05. The molecule has 0 radical (unpaired) electrons. The van der Waals surface area contributed by atoms with Crippen LogP contribution in [0.15, 0.2) is 53.2 Å². The van der Waals surface area contributed by atoms with Crippen LogP contribution in [0.4, 0.5) is 13.2 Å². The van der Waals surface area contributed by atoms with E-state index in [9.17, 15) is 13.2 Å². The zero-order valence-electron chi connectivity index (χ0n) is 11.6. The first kappa shape index (κ1) is 15.0. The number of ether oxygens (including phenoxy) is 1. The first-order valence-electron chi connectivity index (χ1n) is 6.56. The van der Waals surface area contributed by atoms with Gasteiger partial charge in [0.2, 0.25) is 11.7 Å². The van der Waals surface area contributed by atoms with E-state index in [2.05, 4.69) is 19.6 Å². The van der Waals surface area contributed by atoms with Gasteiger partial charge in [-0.1, -0.05) is 35.5 Å². The van der Waals surface area contributed by atoms with Crippen molar-refractivity contribution in [1.82, 2.24) is 15.1 Å². The van der Waals surface area contributed by atoms with Crippen molar-refractivity contribution in [1.29, 1.82) is 0 Å². The molecule has 0 aliphatic carbocycles. The number of pyridine rings is 1. The molecule has 2 heterocycles. The summed E-state index contributed by atoms with van der Waals surface area (Å²) in [5.41, 5.74) is 1.25. The van der Waals surface area contributed by atoms with E-state index in [1.54, 1.807) is 48.7 Å². The Morgan fingerprint density at radius 1 is 1.04 bits per heavy atom. The highest BCUT2D eigenvalue weighted by Gasteiger charge is 2.38. The topological polar surface area (TPSA) is 61.0 Å². The Hall–Kier alpha value is -2.90. The number of alkyl halides is 3. The number of benzene rings is 1. The number of rotatable bonds is 4. The third-order valence-corrected chi connectivity index (χ3v) is 2.91. The van der Waals surface area contributed by atoms with Gasteiger partial charge in [0, 0.05) is 17.8 Å². The second-order valence-electron chi connectivity index (χ2n) is 4.57. The van der Waals surface area contributed by atoms with Crippen LogP contribution in [-0.2, 0) is 12.8 Å².